The molecule has 1 atom stereocenters. The molecule has 1 N–H and O–H groups in total. The van der Waals surface area contributed by atoms with Gasteiger partial charge >= 0.3 is 0 Å². The summed E-state index contributed by atoms with van der Waals surface area (Å²) >= 11 is 0. The van der Waals surface area contributed by atoms with Crippen molar-refractivity contribution in [1.82, 2.24) is 0 Å². The Hall–Kier alpha value is -2.94. The molecule has 4 nitrogen and oxygen atoms in total. The molecule has 0 saturated carbocycles. The Morgan fingerprint density at radius 2 is 2.08 bits per heavy atom. The average molecular weight is 355 g/mol. The minimum atomic E-state index is -0.847. The minimum absolute atomic E-state index is 0.0529. The maximum atomic E-state index is 13.4. The van der Waals surface area contributed by atoms with Gasteiger partial charge in [0.2, 0.25) is 0 Å². The second-order valence-corrected chi connectivity index (χ2v) is 6.51. The van der Waals surface area contributed by atoms with E-state index in [4.69, 9.17) is 0 Å². The number of nitrogens with zero attached hydrogens (tertiary/aromatic N) is 2. The van der Waals surface area contributed by atoms with Crippen LogP contribution in [0.15, 0.2) is 36.4 Å². The Kier molecular flexibility index (Phi) is 5.17. The van der Waals surface area contributed by atoms with E-state index < -0.39 is 11.6 Å². The zero-order valence-corrected chi connectivity index (χ0v) is 14.4. The maximum Gasteiger partial charge on any atom is 0.160 e. The molecule has 1 fully saturated rings. The van der Waals surface area contributed by atoms with Crippen molar-refractivity contribution >= 4 is 17.2 Å². The molecule has 0 amide bonds. The lowest BCUT2D eigenvalue weighted by Crippen LogP contribution is -2.22. The summed E-state index contributed by atoms with van der Waals surface area (Å²) in [6.45, 7) is 3.60. The van der Waals surface area contributed by atoms with Gasteiger partial charge in [0.25, 0.3) is 0 Å². The molecular formula is C20H19F2N3O. The average Bonchev–Trinajstić information content (AvgIpc) is 3.11. The highest BCUT2D eigenvalue weighted by Gasteiger charge is 2.23. The first-order valence-corrected chi connectivity index (χ1v) is 8.47. The van der Waals surface area contributed by atoms with E-state index in [-0.39, 0.29) is 5.78 Å². The predicted molar refractivity (Wildman–Crippen MR) is 96.3 cm³/mol. The highest BCUT2D eigenvalue weighted by molar-refractivity contribution is 5.95. The fourth-order valence-electron chi connectivity index (χ4n) is 3.18. The first-order chi connectivity index (χ1) is 12.5. The smallest absolute Gasteiger partial charge is 0.160 e. The van der Waals surface area contributed by atoms with Gasteiger partial charge in [0.15, 0.2) is 17.4 Å². The van der Waals surface area contributed by atoms with Crippen molar-refractivity contribution in [2.24, 2.45) is 5.92 Å². The van der Waals surface area contributed by atoms with Gasteiger partial charge in [0.1, 0.15) is 6.07 Å². The van der Waals surface area contributed by atoms with Crippen LogP contribution >= 0.6 is 0 Å². The summed E-state index contributed by atoms with van der Waals surface area (Å²) in [5.74, 6) is -1.44. The summed E-state index contributed by atoms with van der Waals surface area (Å²) < 4.78 is 26.5. The number of nitriles is 1. The zero-order chi connectivity index (χ0) is 18.7. The molecule has 0 spiro atoms. The molecule has 134 valence electrons. The SMILES string of the molecule is CC(=O)c1ccc(C#N)c(NCC2CCN(c3ccc(F)c(F)c3)C2)c1. The summed E-state index contributed by atoms with van der Waals surface area (Å²) in [4.78, 5) is 13.6. The van der Waals surface area contributed by atoms with E-state index >= 15 is 0 Å². The molecule has 2 aromatic carbocycles. The lowest BCUT2D eigenvalue weighted by Gasteiger charge is -2.19. The summed E-state index contributed by atoms with van der Waals surface area (Å²) in [5, 5.41) is 12.5. The molecule has 1 aliphatic rings. The number of rotatable bonds is 5. The van der Waals surface area contributed by atoms with Gasteiger partial charge in [-0.25, -0.2) is 8.78 Å². The zero-order valence-electron chi connectivity index (χ0n) is 14.4. The minimum Gasteiger partial charge on any atom is -0.384 e. The summed E-state index contributed by atoms with van der Waals surface area (Å²) in [6.07, 6.45) is 0.903. The van der Waals surface area contributed by atoms with E-state index in [1.807, 2.05) is 4.90 Å². The van der Waals surface area contributed by atoms with Gasteiger partial charge < -0.3 is 10.2 Å². The normalized spacial score (nSPS) is 16.4. The first kappa shape index (κ1) is 17.9. The Labute approximate surface area is 151 Å². The van der Waals surface area contributed by atoms with Gasteiger partial charge in [-0.1, -0.05) is 0 Å². The van der Waals surface area contributed by atoms with Gasteiger partial charge in [-0.05, 0) is 49.6 Å². The van der Waals surface area contributed by atoms with E-state index in [1.54, 1.807) is 24.3 Å². The molecular weight excluding hydrogens is 336 g/mol. The number of Topliss-reactive ketones (excluding diaryl/α,β-unsaturated/α-hetero) is 1. The van der Waals surface area contributed by atoms with Crippen LogP contribution in [0.2, 0.25) is 0 Å². The van der Waals surface area contributed by atoms with Crippen LogP contribution in [0.1, 0.15) is 29.3 Å². The van der Waals surface area contributed by atoms with Gasteiger partial charge in [0.05, 0.1) is 11.3 Å². The second-order valence-electron chi connectivity index (χ2n) is 6.51. The van der Waals surface area contributed by atoms with E-state index in [9.17, 15) is 18.8 Å². The molecule has 0 aliphatic carbocycles. The van der Waals surface area contributed by atoms with E-state index in [2.05, 4.69) is 11.4 Å². The van der Waals surface area contributed by atoms with Crippen molar-refractivity contribution in [3.63, 3.8) is 0 Å². The molecule has 26 heavy (non-hydrogen) atoms. The number of hydrogen-bond donors (Lipinski definition) is 1. The highest BCUT2D eigenvalue weighted by Crippen LogP contribution is 2.26. The largest absolute Gasteiger partial charge is 0.384 e. The van der Waals surface area contributed by atoms with Crippen LogP contribution in [-0.4, -0.2) is 25.4 Å². The lowest BCUT2D eigenvalue weighted by molar-refractivity contribution is 0.101. The Bertz CT molecular complexity index is 876. The van der Waals surface area contributed by atoms with Gasteiger partial charge in [-0.3, -0.25) is 4.79 Å². The van der Waals surface area contributed by atoms with Crippen LogP contribution in [0.5, 0.6) is 0 Å². The highest BCUT2D eigenvalue weighted by atomic mass is 19.2. The molecule has 0 aromatic heterocycles. The standard InChI is InChI=1S/C20H19F2N3O/c1-13(26)15-2-3-16(10-23)20(8-15)24-11-14-6-7-25(12-14)17-4-5-18(21)19(22)9-17/h2-5,8-9,14,24H,6-7,11-12H2,1H3. The third kappa shape index (κ3) is 3.83. The van der Waals surface area contributed by atoms with Crippen molar-refractivity contribution in [3.05, 3.63) is 59.2 Å². The van der Waals surface area contributed by atoms with Crippen molar-refractivity contribution < 1.29 is 13.6 Å². The van der Waals surface area contributed by atoms with E-state index in [0.717, 1.165) is 19.0 Å². The Morgan fingerprint density at radius 3 is 2.77 bits per heavy atom. The van der Waals surface area contributed by atoms with Crippen LogP contribution in [-0.2, 0) is 0 Å². The Balaban J connectivity index is 1.64. The number of hydrogen-bond acceptors (Lipinski definition) is 4. The summed E-state index contributed by atoms with van der Waals surface area (Å²) in [7, 11) is 0. The van der Waals surface area contributed by atoms with Gasteiger partial charge in [-0.15, -0.1) is 0 Å². The molecule has 1 unspecified atom stereocenters. The van der Waals surface area contributed by atoms with Crippen LogP contribution in [0.4, 0.5) is 20.2 Å². The Morgan fingerprint density at radius 1 is 1.27 bits per heavy atom. The quantitative estimate of drug-likeness (QED) is 0.825. The number of halogens is 2. The molecule has 0 radical (unpaired) electrons. The number of nitrogens with one attached hydrogen (secondary N) is 1. The van der Waals surface area contributed by atoms with Gasteiger partial charge in [-0.2, -0.15) is 5.26 Å². The number of benzene rings is 2. The fourth-order valence-corrected chi connectivity index (χ4v) is 3.18. The third-order valence-electron chi connectivity index (χ3n) is 4.68. The van der Waals surface area contributed by atoms with Crippen molar-refractivity contribution in [1.29, 1.82) is 5.26 Å². The molecule has 0 bridgehead atoms. The van der Waals surface area contributed by atoms with Crippen molar-refractivity contribution in [2.45, 2.75) is 13.3 Å². The molecule has 1 saturated heterocycles. The first-order valence-electron chi connectivity index (χ1n) is 8.47. The van der Waals surface area contributed by atoms with E-state index in [1.165, 1.54) is 13.0 Å². The van der Waals surface area contributed by atoms with E-state index in [0.29, 0.717) is 41.5 Å². The number of anilines is 2. The number of ketones is 1. The topological polar surface area (TPSA) is 56.1 Å². The number of carbonyl (C=O) groups excluding carboxylic acids is 1. The lowest BCUT2D eigenvalue weighted by atomic mass is 10.1. The molecule has 2 aromatic rings. The van der Waals surface area contributed by atoms with Crippen LogP contribution < -0.4 is 10.2 Å². The van der Waals surface area contributed by atoms with Crippen molar-refractivity contribution in [3.8, 4) is 6.07 Å². The second kappa shape index (κ2) is 7.52. The third-order valence-corrected chi connectivity index (χ3v) is 4.68. The molecule has 6 heteroatoms. The fraction of sp³-hybridized carbons (Fsp3) is 0.300. The molecule has 1 aliphatic heterocycles. The number of carbonyl (C=O) groups is 1. The molecule has 1 heterocycles. The van der Waals surface area contributed by atoms with Crippen molar-refractivity contribution in [2.75, 3.05) is 29.9 Å². The monoisotopic (exact) mass is 355 g/mol. The van der Waals surface area contributed by atoms with Crippen LogP contribution in [0.3, 0.4) is 0 Å². The van der Waals surface area contributed by atoms with Crippen LogP contribution in [0.25, 0.3) is 0 Å². The predicted octanol–water partition coefficient (Wildman–Crippen LogP) is 3.98. The summed E-state index contributed by atoms with van der Waals surface area (Å²) in [5.41, 5.74) is 2.36. The van der Waals surface area contributed by atoms with Gasteiger partial charge in [0, 0.05) is 37.0 Å². The van der Waals surface area contributed by atoms with Crippen LogP contribution in [0, 0.1) is 28.9 Å². The molecule has 3 rings (SSSR count). The maximum absolute atomic E-state index is 13.4. The summed E-state index contributed by atoms with van der Waals surface area (Å²) in [6, 6.07) is 11.0.